The smallest absolute Gasteiger partial charge is 0.273 e. The Bertz CT molecular complexity index is 685. The number of rotatable bonds is 3. The number of thiazole rings is 1. The molecule has 2 heterocycles. The Hall–Kier alpha value is -1.43. The van der Waals surface area contributed by atoms with Crippen LogP contribution in [0.4, 0.5) is 0 Å². The van der Waals surface area contributed by atoms with Crippen LogP contribution in [0.5, 0.6) is 0 Å². The van der Waals surface area contributed by atoms with Crippen LogP contribution in [0.2, 0.25) is 5.02 Å². The van der Waals surface area contributed by atoms with Crippen LogP contribution in [-0.2, 0) is 0 Å². The molecule has 1 aliphatic heterocycles. The number of hydrogen-bond acceptors (Lipinski definition) is 4. The average molecular weight is 336 g/mol. The number of nitrogens with zero attached hydrogens (tertiary/aromatic N) is 2. The van der Waals surface area contributed by atoms with E-state index in [9.17, 15) is 4.79 Å². The van der Waals surface area contributed by atoms with Crippen molar-refractivity contribution in [2.45, 2.75) is 13.3 Å². The zero-order chi connectivity index (χ0) is 15.7. The molecule has 3 rings (SSSR count). The molecular weight excluding hydrogens is 318 g/mol. The second kappa shape index (κ2) is 5.99. The van der Waals surface area contributed by atoms with Gasteiger partial charge in [-0.2, -0.15) is 0 Å². The highest BCUT2D eigenvalue weighted by Crippen LogP contribution is 2.31. The number of likely N-dealkylation sites (tertiary alicyclic amines) is 1. The molecule has 1 amide bonds. The highest BCUT2D eigenvalue weighted by Gasteiger charge is 2.35. The zero-order valence-corrected chi connectivity index (χ0v) is 14.0. The Morgan fingerprint density at radius 2 is 2.18 bits per heavy atom. The van der Waals surface area contributed by atoms with E-state index in [4.69, 9.17) is 17.3 Å². The Kier molecular flexibility index (Phi) is 4.21. The highest BCUT2D eigenvalue weighted by atomic mass is 35.5. The molecule has 1 saturated heterocycles. The molecule has 116 valence electrons. The molecule has 22 heavy (non-hydrogen) atoms. The third-order valence-corrected chi connectivity index (χ3v) is 5.30. The van der Waals surface area contributed by atoms with Gasteiger partial charge >= 0.3 is 0 Å². The van der Waals surface area contributed by atoms with E-state index >= 15 is 0 Å². The van der Waals surface area contributed by atoms with Crippen molar-refractivity contribution in [3.8, 4) is 10.6 Å². The lowest BCUT2D eigenvalue weighted by Gasteiger charge is -2.22. The van der Waals surface area contributed by atoms with E-state index < -0.39 is 0 Å². The molecule has 1 unspecified atom stereocenters. The van der Waals surface area contributed by atoms with Crippen LogP contribution in [0.3, 0.4) is 0 Å². The monoisotopic (exact) mass is 335 g/mol. The SMILES string of the molecule is CC1(CN)CCN(C(=O)c2csc(-c3ccc(Cl)cc3)n2)C1. The summed E-state index contributed by atoms with van der Waals surface area (Å²) in [5, 5.41) is 3.35. The van der Waals surface area contributed by atoms with E-state index in [0.717, 1.165) is 23.5 Å². The number of hydrogen-bond donors (Lipinski definition) is 1. The summed E-state index contributed by atoms with van der Waals surface area (Å²) in [4.78, 5) is 18.9. The van der Waals surface area contributed by atoms with Gasteiger partial charge in [-0.05, 0) is 30.5 Å². The number of halogens is 1. The molecule has 0 aliphatic carbocycles. The lowest BCUT2D eigenvalue weighted by atomic mass is 9.90. The summed E-state index contributed by atoms with van der Waals surface area (Å²) in [5.74, 6) is -0.00589. The summed E-state index contributed by atoms with van der Waals surface area (Å²) in [7, 11) is 0. The van der Waals surface area contributed by atoms with Crippen molar-refractivity contribution in [2.75, 3.05) is 19.6 Å². The Labute approximate surface area is 138 Å². The normalized spacial score (nSPS) is 21.3. The van der Waals surface area contributed by atoms with Gasteiger partial charge in [-0.3, -0.25) is 4.79 Å². The lowest BCUT2D eigenvalue weighted by molar-refractivity contribution is 0.0772. The quantitative estimate of drug-likeness (QED) is 0.936. The molecule has 0 saturated carbocycles. The fourth-order valence-corrected chi connectivity index (χ4v) is 3.55. The number of nitrogens with two attached hydrogens (primary N) is 1. The molecule has 0 radical (unpaired) electrons. The third-order valence-electron chi connectivity index (χ3n) is 4.15. The van der Waals surface area contributed by atoms with Gasteiger partial charge < -0.3 is 10.6 Å². The molecule has 1 fully saturated rings. The van der Waals surface area contributed by atoms with E-state index in [-0.39, 0.29) is 11.3 Å². The van der Waals surface area contributed by atoms with Crippen LogP contribution in [0.1, 0.15) is 23.8 Å². The van der Waals surface area contributed by atoms with Gasteiger partial charge in [-0.1, -0.05) is 30.7 Å². The van der Waals surface area contributed by atoms with Crippen molar-refractivity contribution in [3.63, 3.8) is 0 Å². The average Bonchev–Trinajstić information content (AvgIpc) is 3.15. The number of amides is 1. The summed E-state index contributed by atoms with van der Waals surface area (Å²) in [6, 6.07) is 7.48. The van der Waals surface area contributed by atoms with Gasteiger partial charge in [0.15, 0.2) is 0 Å². The number of benzene rings is 1. The van der Waals surface area contributed by atoms with Crippen molar-refractivity contribution in [1.29, 1.82) is 0 Å². The first kappa shape index (κ1) is 15.5. The van der Waals surface area contributed by atoms with E-state index in [1.807, 2.05) is 34.5 Å². The molecule has 0 bridgehead atoms. The van der Waals surface area contributed by atoms with Gasteiger partial charge in [-0.15, -0.1) is 11.3 Å². The Balaban J connectivity index is 1.76. The van der Waals surface area contributed by atoms with E-state index in [1.165, 1.54) is 11.3 Å². The summed E-state index contributed by atoms with van der Waals surface area (Å²) >= 11 is 7.37. The maximum Gasteiger partial charge on any atom is 0.273 e. The summed E-state index contributed by atoms with van der Waals surface area (Å²) in [6.07, 6.45) is 0.948. The molecule has 1 atom stereocenters. The van der Waals surface area contributed by atoms with Crippen LogP contribution in [-0.4, -0.2) is 35.4 Å². The summed E-state index contributed by atoms with van der Waals surface area (Å²) < 4.78 is 0. The number of carbonyl (C=O) groups excluding carboxylic acids is 1. The molecule has 6 heteroatoms. The predicted octanol–water partition coefficient (Wildman–Crippen LogP) is 3.27. The first-order valence-corrected chi connectivity index (χ1v) is 8.47. The first-order valence-electron chi connectivity index (χ1n) is 7.22. The number of aromatic nitrogens is 1. The number of carbonyl (C=O) groups is 1. The van der Waals surface area contributed by atoms with Gasteiger partial charge in [0.25, 0.3) is 5.91 Å². The maximum atomic E-state index is 12.6. The predicted molar refractivity (Wildman–Crippen MR) is 90.2 cm³/mol. The topological polar surface area (TPSA) is 59.2 Å². The van der Waals surface area contributed by atoms with Crippen molar-refractivity contribution in [1.82, 2.24) is 9.88 Å². The van der Waals surface area contributed by atoms with Crippen molar-refractivity contribution in [2.24, 2.45) is 11.1 Å². The van der Waals surface area contributed by atoms with E-state index in [2.05, 4.69) is 11.9 Å². The van der Waals surface area contributed by atoms with Crippen molar-refractivity contribution in [3.05, 3.63) is 40.4 Å². The molecule has 1 aromatic carbocycles. The molecule has 2 N–H and O–H groups in total. The second-order valence-electron chi connectivity index (χ2n) is 6.04. The van der Waals surface area contributed by atoms with E-state index in [0.29, 0.717) is 23.8 Å². The van der Waals surface area contributed by atoms with Gasteiger partial charge in [0.1, 0.15) is 10.7 Å². The summed E-state index contributed by atoms with van der Waals surface area (Å²) in [5.41, 5.74) is 7.32. The Morgan fingerprint density at radius 1 is 1.45 bits per heavy atom. The third kappa shape index (κ3) is 3.02. The first-order chi connectivity index (χ1) is 10.5. The Morgan fingerprint density at radius 3 is 2.82 bits per heavy atom. The largest absolute Gasteiger partial charge is 0.337 e. The molecule has 0 spiro atoms. The standard InChI is InChI=1S/C16H18ClN3OS/c1-16(9-18)6-7-20(10-16)15(21)13-8-22-14(19-13)11-2-4-12(17)5-3-11/h2-5,8H,6-7,9-10,18H2,1H3. The van der Waals surface area contributed by atoms with Crippen LogP contribution < -0.4 is 5.73 Å². The molecule has 4 nitrogen and oxygen atoms in total. The van der Waals surface area contributed by atoms with Crippen molar-refractivity contribution < 1.29 is 4.79 Å². The van der Waals surface area contributed by atoms with Gasteiger partial charge in [0, 0.05) is 29.1 Å². The maximum absolute atomic E-state index is 12.6. The minimum Gasteiger partial charge on any atom is -0.337 e. The second-order valence-corrected chi connectivity index (χ2v) is 7.33. The fraction of sp³-hybridized carbons (Fsp3) is 0.375. The van der Waals surface area contributed by atoms with Gasteiger partial charge in [0.2, 0.25) is 0 Å². The lowest BCUT2D eigenvalue weighted by Crippen LogP contribution is -2.34. The molecular formula is C16H18ClN3OS. The fourth-order valence-electron chi connectivity index (χ4n) is 2.62. The van der Waals surface area contributed by atoms with Crippen LogP contribution >= 0.6 is 22.9 Å². The van der Waals surface area contributed by atoms with Gasteiger partial charge in [-0.25, -0.2) is 4.98 Å². The van der Waals surface area contributed by atoms with E-state index in [1.54, 1.807) is 0 Å². The minimum absolute atomic E-state index is 0.00589. The van der Waals surface area contributed by atoms with Crippen molar-refractivity contribution >= 4 is 28.8 Å². The molecule has 2 aromatic rings. The highest BCUT2D eigenvalue weighted by molar-refractivity contribution is 7.13. The van der Waals surface area contributed by atoms with Gasteiger partial charge in [0.05, 0.1) is 0 Å². The zero-order valence-electron chi connectivity index (χ0n) is 12.4. The molecule has 1 aliphatic rings. The van der Waals surface area contributed by atoms with Crippen LogP contribution in [0.15, 0.2) is 29.6 Å². The summed E-state index contributed by atoms with van der Waals surface area (Å²) in [6.45, 7) is 4.18. The molecule has 1 aromatic heterocycles. The minimum atomic E-state index is -0.00589. The van der Waals surface area contributed by atoms with Crippen LogP contribution in [0, 0.1) is 5.41 Å². The van der Waals surface area contributed by atoms with Crippen LogP contribution in [0.25, 0.3) is 10.6 Å².